The minimum Gasteiger partial charge on any atom is -0.339 e. The Morgan fingerprint density at radius 1 is 1.38 bits per heavy atom. The molecule has 1 amide bonds. The molecule has 2 heterocycles. The van der Waals surface area contributed by atoms with Gasteiger partial charge in [0.2, 0.25) is 0 Å². The smallest absolute Gasteiger partial charge is 0.254 e. The molecule has 21 heavy (non-hydrogen) atoms. The number of halogens is 1. The molecule has 0 saturated carbocycles. The van der Waals surface area contributed by atoms with Gasteiger partial charge >= 0.3 is 0 Å². The number of carbonyl (C=O) groups is 1. The van der Waals surface area contributed by atoms with Crippen molar-refractivity contribution in [3.8, 4) is 0 Å². The van der Waals surface area contributed by atoms with Crippen molar-refractivity contribution < 1.29 is 4.79 Å². The fourth-order valence-corrected chi connectivity index (χ4v) is 3.05. The van der Waals surface area contributed by atoms with Gasteiger partial charge in [-0.05, 0) is 45.5 Å². The van der Waals surface area contributed by atoms with E-state index in [2.05, 4.69) is 30.9 Å². The van der Waals surface area contributed by atoms with Crippen molar-refractivity contribution in [2.75, 3.05) is 27.2 Å². The summed E-state index contributed by atoms with van der Waals surface area (Å²) in [6, 6.07) is 4.14. The summed E-state index contributed by atoms with van der Waals surface area (Å²) >= 11 is 6.04. The van der Waals surface area contributed by atoms with Crippen LogP contribution in [0.1, 0.15) is 42.2 Å². The predicted molar refractivity (Wildman–Crippen MR) is 85.9 cm³/mol. The van der Waals surface area contributed by atoms with Gasteiger partial charge in [-0.25, -0.2) is 4.98 Å². The molecule has 0 aliphatic carbocycles. The number of rotatable bonds is 4. The SMILES string of the molecule is CCCc1cc(C(=O)N2CCC(N(C)C)CC2)cc(Cl)n1. The van der Waals surface area contributed by atoms with Gasteiger partial charge in [0.1, 0.15) is 5.15 Å². The van der Waals surface area contributed by atoms with E-state index in [0.717, 1.165) is 44.5 Å². The Balaban J connectivity index is 2.07. The van der Waals surface area contributed by atoms with Crippen LogP contribution < -0.4 is 0 Å². The zero-order valence-corrected chi connectivity index (χ0v) is 13.9. The Labute approximate surface area is 132 Å². The normalized spacial score (nSPS) is 16.5. The lowest BCUT2D eigenvalue weighted by atomic mass is 10.0. The van der Waals surface area contributed by atoms with Crippen molar-refractivity contribution >= 4 is 17.5 Å². The number of aryl methyl sites for hydroxylation is 1. The molecule has 0 unspecified atom stereocenters. The first kappa shape index (κ1) is 16.2. The lowest BCUT2D eigenvalue weighted by Crippen LogP contribution is -2.44. The van der Waals surface area contributed by atoms with Crippen LogP contribution in [0.5, 0.6) is 0 Å². The summed E-state index contributed by atoms with van der Waals surface area (Å²) in [7, 11) is 4.20. The highest BCUT2D eigenvalue weighted by molar-refractivity contribution is 6.29. The van der Waals surface area contributed by atoms with E-state index in [1.54, 1.807) is 6.07 Å². The molecule has 0 bridgehead atoms. The Kier molecular flexibility index (Phi) is 5.59. The van der Waals surface area contributed by atoms with Crippen LogP contribution >= 0.6 is 11.6 Å². The first-order valence-corrected chi connectivity index (χ1v) is 8.01. The molecule has 1 aromatic heterocycles. The van der Waals surface area contributed by atoms with Crippen molar-refractivity contribution in [1.82, 2.24) is 14.8 Å². The Morgan fingerprint density at radius 3 is 2.62 bits per heavy atom. The molecule has 5 heteroatoms. The van der Waals surface area contributed by atoms with Gasteiger partial charge in [-0.15, -0.1) is 0 Å². The zero-order chi connectivity index (χ0) is 15.4. The number of carbonyl (C=O) groups excluding carboxylic acids is 1. The highest BCUT2D eigenvalue weighted by Crippen LogP contribution is 2.19. The third-order valence-electron chi connectivity index (χ3n) is 4.08. The number of hydrogen-bond donors (Lipinski definition) is 0. The average molecular weight is 310 g/mol. The maximum absolute atomic E-state index is 12.6. The average Bonchev–Trinajstić information content (AvgIpc) is 2.46. The summed E-state index contributed by atoms with van der Waals surface area (Å²) in [6.07, 6.45) is 3.90. The molecule has 1 fully saturated rings. The molecule has 0 radical (unpaired) electrons. The van der Waals surface area contributed by atoms with Crippen molar-refractivity contribution in [3.05, 3.63) is 28.5 Å². The van der Waals surface area contributed by atoms with E-state index in [9.17, 15) is 4.79 Å². The number of aromatic nitrogens is 1. The fraction of sp³-hybridized carbons (Fsp3) is 0.625. The van der Waals surface area contributed by atoms with E-state index in [1.165, 1.54) is 0 Å². The van der Waals surface area contributed by atoms with Gasteiger partial charge in [0.05, 0.1) is 0 Å². The van der Waals surface area contributed by atoms with Crippen LogP contribution in [-0.2, 0) is 6.42 Å². The van der Waals surface area contributed by atoms with Crippen LogP contribution in [0.15, 0.2) is 12.1 Å². The molecule has 2 rings (SSSR count). The number of nitrogens with zero attached hydrogens (tertiary/aromatic N) is 3. The molecule has 0 N–H and O–H groups in total. The molecule has 1 saturated heterocycles. The van der Waals surface area contributed by atoms with E-state index in [-0.39, 0.29) is 5.91 Å². The van der Waals surface area contributed by atoms with Gasteiger partial charge in [-0.3, -0.25) is 4.79 Å². The van der Waals surface area contributed by atoms with Gasteiger partial charge in [-0.2, -0.15) is 0 Å². The number of piperidine rings is 1. The maximum Gasteiger partial charge on any atom is 0.254 e. The molecule has 0 spiro atoms. The van der Waals surface area contributed by atoms with Crippen molar-refractivity contribution in [1.29, 1.82) is 0 Å². The lowest BCUT2D eigenvalue weighted by molar-refractivity contribution is 0.0663. The highest BCUT2D eigenvalue weighted by atomic mass is 35.5. The second kappa shape index (κ2) is 7.23. The minimum absolute atomic E-state index is 0.0776. The predicted octanol–water partition coefficient (Wildman–Crippen LogP) is 2.85. The summed E-state index contributed by atoms with van der Waals surface area (Å²) in [6.45, 7) is 3.71. The van der Waals surface area contributed by atoms with E-state index in [0.29, 0.717) is 16.8 Å². The van der Waals surface area contributed by atoms with Crippen LogP contribution in [0.4, 0.5) is 0 Å². The highest BCUT2D eigenvalue weighted by Gasteiger charge is 2.25. The molecular weight excluding hydrogens is 286 g/mol. The van der Waals surface area contributed by atoms with Gasteiger partial charge in [0, 0.05) is 30.4 Å². The number of pyridine rings is 1. The van der Waals surface area contributed by atoms with E-state index < -0.39 is 0 Å². The van der Waals surface area contributed by atoms with Gasteiger partial charge in [-0.1, -0.05) is 24.9 Å². The van der Waals surface area contributed by atoms with Crippen LogP contribution in [0, 0.1) is 0 Å². The van der Waals surface area contributed by atoms with Crippen LogP contribution in [0.2, 0.25) is 5.15 Å². The Morgan fingerprint density at radius 2 is 2.05 bits per heavy atom. The quantitative estimate of drug-likeness (QED) is 0.803. The second-order valence-electron chi connectivity index (χ2n) is 5.91. The van der Waals surface area contributed by atoms with Crippen molar-refractivity contribution in [2.24, 2.45) is 0 Å². The summed E-state index contributed by atoms with van der Waals surface area (Å²) < 4.78 is 0. The standard InChI is InChI=1S/C16H24ClN3O/c1-4-5-13-10-12(11-15(17)18-13)16(21)20-8-6-14(7-9-20)19(2)3/h10-11,14H,4-9H2,1-3H3. The molecule has 1 aliphatic rings. The van der Waals surface area contributed by atoms with Crippen molar-refractivity contribution in [2.45, 2.75) is 38.6 Å². The second-order valence-corrected chi connectivity index (χ2v) is 6.29. The minimum atomic E-state index is 0.0776. The molecule has 4 nitrogen and oxygen atoms in total. The molecular formula is C16H24ClN3O. The first-order valence-electron chi connectivity index (χ1n) is 7.63. The van der Waals surface area contributed by atoms with Gasteiger partial charge < -0.3 is 9.80 Å². The van der Waals surface area contributed by atoms with Crippen LogP contribution in [0.3, 0.4) is 0 Å². The Hall–Kier alpha value is -1.13. The molecule has 1 aromatic rings. The van der Waals surface area contributed by atoms with Gasteiger partial charge in [0.15, 0.2) is 0 Å². The monoisotopic (exact) mass is 309 g/mol. The largest absolute Gasteiger partial charge is 0.339 e. The summed E-state index contributed by atoms with van der Waals surface area (Å²) in [4.78, 5) is 21.1. The molecule has 0 aromatic carbocycles. The molecule has 0 atom stereocenters. The third-order valence-corrected chi connectivity index (χ3v) is 4.28. The number of likely N-dealkylation sites (tertiary alicyclic amines) is 1. The Bertz CT molecular complexity index is 496. The summed E-state index contributed by atoms with van der Waals surface area (Å²) in [5.41, 5.74) is 1.57. The number of hydrogen-bond acceptors (Lipinski definition) is 3. The third kappa shape index (κ3) is 4.17. The number of amides is 1. The fourth-order valence-electron chi connectivity index (χ4n) is 2.83. The maximum atomic E-state index is 12.6. The summed E-state index contributed by atoms with van der Waals surface area (Å²) in [5.74, 6) is 0.0776. The van der Waals surface area contributed by atoms with E-state index in [1.807, 2.05) is 11.0 Å². The first-order chi connectivity index (χ1) is 10.0. The summed E-state index contributed by atoms with van der Waals surface area (Å²) in [5, 5.41) is 0.410. The molecule has 1 aliphatic heterocycles. The van der Waals surface area contributed by atoms with Crippen molar-refractivity contribution in [3.63, 3.8) is 0 Å². The topological polar surface area (TPSA) is 36.4 Å². The molecule has 116 valence electrons. The van der Waals surface area contributed by atoms with Crippen LogP contribution in [-0.4, -0.2) is 53.9 Å². The van der Waals surface area contributed by atoms with Gasteiger partial charge in [0.25, 0.3) is 5.91 Å². The zero-order valence-electron chi connectivity index (χ0n) is 13.1. The van der Waals surface area contributed by atoms with E-state index >= 15 is 0 Å². The lowest BCUT2D eigenvalue weighted by Gasteiger charge is -2.35. The van der Waals surface area contributed by atoms with Crippen LogP contribution in [0.25, 0.3) is 0 Å². The van der Waals surface area contributed by atoms with E-state index in [4.69, 9.17) is 11.6 Å².